The minimum absolute atomic E-state index is 0.0785. The molecule has 0 fully saturated rings. The molecule has 1 aromatic rings. The number of carboxylic acids is 1. The predicted octanol–water partition coefficient (Wildman–Crippen LogP) is 3.15. The standard InChI is InChI=1S/C13H14BrFN2O2/c1-3-17(8(2)6-11(18)19)10-5-4-9(7-16)12(14)13(10)15/h4-5,8H,3,6H2,1-2H3,(H,18,19). The van der Waals surface area contributed by atoms with Gasteiger partial charge in [0.25, 0.3) is 0 Å². The molecule has 4 nitrogen and oxygen atoms in total. The third-order valence-electron chi connectivity index (χ3n) is 2.83. The van der Waals surface area contributed by atoms with Gasteiger partial charge < -0.3 is 10.0 Å². The molecule has 0 heterocycles. The summed E-state index contributed by atoms with van der Waals surface area (Å²) in [4.78, 5) is 12.4. The molecule has 6 heteroatoms. The van der Waals surface area contributed by atoms with E-state index < -0.39 is 11.8 Å². The first kappa shape index (κ1) is 15.4. The molecule has 1 unspecified atom stereocenters. The van der Waals surface area contributed by atoms with Crippen molar-refractivity contribution >= 4 is 27.6 Å². The number of carbonyl (C=O) groups is 1. The summed E-state index contributed by atoms with van der Waals surface area (Å²) in [6, 6.07) is 4.56. The number of hydrogen-bond acceptors (Lipinski definition) is 3. The molecule has 0 aliphatic carbocycles. The number of carboxylic acid groups (broad SMARTS) is 1. The lowest BCUT2D eigenvalue weighted by Crippen LogP contribution is -2.35. The fraction of sp³-hybridized carbons (Fsp3) is 0.385. The SMILES string of the molecule is CCN(c1ccc(C#N)c(Br)c1F)C(C)CC(=O)O. The zero-order chi connectivity index (χ0) is 14.6. The van der Waals surface area contributed by atoms with Crippen LogP contribution in [0, 0.1) is 17.1 Å². The van der Waals surface area contributed by atoms with E-state index in [0.29, 0.717) is 12.2 Å². The van der Waals surface area contributed by atoms with E-state index in [9.17, 15) is 9.18 Å². The summed E-state index contributed by atoms with van der Waals surface area (Å²) >= 11 is 3.05. The van der Waals surface area contributed by atoms with Crippen molar-refractivity contribution in [3.8, 4) is 6.07 Å². The van der Waals surface area contributed by atoms with Gasteiger partial charge in [0.1, 0.15) is 6.07 Å². The van der Waals surface area contributed by atoms with Crippen LogP contribution in [0.3, 0.4) is 0 Å². The van der Waals surface area contributed by atoms with Gasteiger partial charge in [0.05, 0.1) is 22.1 Å². The fourth-order valence-corrected chi connectivity index (χ4v) is 2.35. The molecule has 0 aliphatic rings. The Labute approximate surface area is 119 Å². The first-order valence-electron chi connectivity index (χ1n) is 5.78. The molecule has 0 aliphatic heterocycles. The summed E-state index contributed by atoms with van der Waals surface area (Å²) in [5, 5.41) is 17.6. The average Bonchev–Trinajstić information content (AvgIpc) is 2.34. The largest absolute Gasteiger partial charge is 0.481 e. The smallest absolute Gasteiger partial charge is 0.305 e. The van der Waals surface area contributed by atoms with Gasteiger partial charge in [-0.1, -0.05) is 0 Å². The summed E-state index contributed by atoms with van der Waals surface area (Å²) in [5.41, 5.74) is 0.505. The third kappa shape index (κ3) is 3.44. The molecule has 102 valence electrons. The highest BCUT2D eigenvalue weighted by atomic mass is 79.9. The molecule has 1 N–H and O–H groups in total. The summed E-state index contributed by atoms with van der Waals surface area (Å²) in [6.45, 7) is 4.02. The van der Waals surface area contributed by atoms with Crippen LogP contribution >= 0.6 is 15.9 Å². The van der Waals surface area contributed by atoms with Crippen LogP contribution in [0.15, 0.2) is 16.6 Å². The van der Waals surface area contributed by atoms with Gasteiger partial charge in [0.15, 0.2) is 5.82 Å². The zero-order valence-corrected chi connectivity index (χ0v) is 12.2. The van der Waals surface area contributed by atoms with Crippen LogP contribution in [0.25, 0.3) is 0 Å². The van der Waals surface area contributed by atoms with Gasteiger partial charge in [0, 0.05) is 12.6 Å². The van der Waals surface area contributed by atoms with E-state index in [4.69, 9.17) is 10.4 Å². The van der Waals surface area contributed by atoms with E-state index in [1.807, 2.05) is 13.0 Å². The molecule has 19 heavy (non-hydrogen) atoms. The Morgan fingerprint density at radius 3 is 2.74 bits per heavy atom. The number of nitrogens with zero attached hydrogens (tertiary/aromatic N) is 2. The van der Waals surface area contributed by atoms with Gasteiger partial charge >= 0.3 is 5.97 Å². The molecule has 0 bridgehead atoms. The van der Waals surface area contributed by atoms with Gasteiger partial charge in [-0.25, -0.2) is 4.39 Å². The van der Waals surface area contributed by atoms with Crippen molar-refractivity contribution in [3.63, 3.8) is 0 Å². The van der Waals surface area contributed by atoms with Crippen molar-refractivity contribution in [2.24, 2.45) is 0 Å². The van der Waals surface area contributed by atoms with Gasteiger partial charge in [-0.3, -0.25) is 4.79 Å². The van der Waals surface area contributed by atoms with Gasteiger partial charge in [0.2, 0.25) is 0 Å². The second-order valence-corrected chi connectivity index (χ2v) is 4.90. The Morgan fingerprint density at radius 1 is 1.63 bits per heavy atom. The predicted molar refractivity (Wildman–Crippen MR) is 73.5 cm³/mol. The molecule has 0 amide bonds. The topological polar surface area (TPSA) is 64.3 Å². The lowest BCUT2D eigenvalue weighted by atomic mass is 10.1. The third-order valence-corrected chi connectivity index (χ3v) is 3.61. The first-order chi connectivity index (χ1) is 8.92. The lowest BCUT2D eigenvalue weighted by Gasteiger charge is -2.29. The van der Waals surface area contributed by atoms with E-state index in [0.717, 1.165) is 0 Å². The maximum atomic E-state index is 14.2. The second-order valence-electron chi connectivity index (χ2n) is 4.10. The molecular weight excluding hydrogens is 315 g/mol. The number of nitriles is 1. The van der Waals surface area contributed by atoms with E-state index in [1.54, 1.807) is 11.8 Å². The molecule has 1 aromatic carbocycles. The van der Waals surface area contributed by atoms with Crippen LogP contribution in [0.5, 0.6) is 0 Å². The lowest BCUT2D eigenvalue weighted by molar-refractivity contribution is -0.137. The highest BCUT2D eigenvalue weighted by Gasteiger charge is 2.21. The number of benzene rings is 1. The Balaban J connectivity index is 3.16. The van der Waals surface area contributed by atoms with Crippen molar-refractivity contribution in [3.05, 3.63) is 28.0 Å². The Bertz CT molecular complexity index is 528. The molecule has 0 saturated heterocycles. The van der Waals surface area contributed by atoms with Crippen LogP contribution < -0.4 is 4.90 Å². The molecule has 1 atom stereocenters. The van der Waals surface area contributed by atoms with E-state index >= 15 is 0 Å². The van der Waals surface area contributed by atoms with Crippen LogP contribution in [0.4, 0.5) is 10.1 Å². The first-order valence-corrected chi connectivity index (χ1v) is 6.58. The number of rotatable bonds is 5. The molecule has 1 rings (SSSR count). The summed E-state index contributed by atoms with van der Waals surface area (Å²) < 4.78 is 14.3. The Hall–Kier alpha value is -1.61. The van der Waals surface area contributed by atoms with Crippen molar-refractivity contribution in [2.45, 2.75) is 26.3 Å². The zero-order valence-electron chi connectivity index (χ0n) is 10.7. The molecular formula is C13H14BrFN2O2. The molecule has 0 aromatic heterocycles. The molecule has 0 saturated carbocycles. The van der Waals surface area contributed by atoms with Crippen molar-refractivity contribution in [1.82, 2.24) is 0 Å². The molecule has 0 spiro atoms. The second kappa shape index (κ2) is 6.53. The average molecular weight is 329 g/mol. The maximum Gasteiger partial charge on any atom is 0.305 e. The van der Waals surface area contributed by atoms with E-state index in [2.05, 4.69) is 15.9 Å². The summed E-state index contributed by atoms with van der Waals surface area (Å²) in [7, 11) is 0. The number of aliphatic carboxylic acids is 1. The van der Waals surface area contributed by atoms with Crippen LogP contribution in [0.2, 0.25) is 0 Å². The monoisotopic (exact) mass is 328 g/mol. The molecule has 0 radical (unpaired) electrons. The minimum atomic E-state index is -0.931. The summed E-state index contributed by atoms with van der Waals surface area (Å²) in [6.07, 6.45) is -0.0785. The highest BCUT2D eigenvalue weighted by molar-refractivity contribution is 9.10. The van der Waals surface area contributed by atoms with Crippen molar-refractivity contribution in [2.75, 3.05) is 11.4 Å². The number of anilines is 1. The van der Waals surface area contributed by atoms with Gasteiger partial charge in [-0.15, -0.1) is 0 Å². The minimum Gasteiger partial charge on any atom is -0.481 e. The van der Waals surface area contributed by atoms with Crippen molar-refractivity contribution < 1.29 is 14.3 Å². The van der Waals surface area contributed by atoms with Crippen molar-refractivity contribution in [1.29, 1.82) is 5.26 Å². The summed E-state index contributed by atoms with van der Waals surface area (Å²) in [5.74, 6) is -1.47. The van der Waals surface area contributed by atoms with Gasteiger partial charge in [-0.2, -0.15) is 5.26 Å². The van der Waals surface area contributed by atoms with Gasteiger partial charge in [-0.05, 0) is 41.9 Å². The van der Waals surface area contributed by atoms with Crippen LogP contribution in [-0.2, 0) is 4.79 Å². The Kier molecular flexibility index (Phi) is 5.31. The van der Waals surface area contributed by atoms with E-state index in [-0.39, 0.29) is 22.5 Å². The van der Waals surface area contributed by atoms with E-state index in [1.165, 1.54) is 12.1 Å². The Morgan fingerprint density at radius 2 is 2.26 bits per heavy atom. The van der Waals surface area contributed by atoms with Crippen LogP contribution in [0.1, 0.15) is 25.8 Å². The number of hydrogen-bond donors (Lipinski definition) is 1. The van der Waals surface area contributed by atoms with Crippen LogP contribution in [-0.4, -0.2) is 23.7 Å². The normalized spacial score (nSPS) is 11.7. The fourth-order valence-electron chi connectivity index (χ4n) is 1.93. The maximum absolute atomic E-state index is 14.2. The highest BCUT2D eigenvalue weighted by Crippen LogP contribution is 2.30. The number of halogens is 2. The quantitative estimate of drug-likeness (QED) is 0.901.